The van der Waals surface area contributed by atoms with Crippen molar-refractivity contribution in [3.05, 3.63) is 5.69 Å². The molecule has 4 nitrogen and oxygen atoms in total. The third-order valence-electron chi connectivity index (χ3n) is 4.25. The summed E-state index contributed by atoms with van der Waals surface area (Å²) in [6.45, 7) is 4.38. The summed E-state index contributed by atoms with van der Waals surface area (Å²) >= 11 is 0. The van der Waals surface area contributed by atoms with Gasteiger partial charge in [-0.3, -0.25) is 4.68 Å². The Labute approximate surface area is 110 Å². The summed E-state index contributed by atoms with van der Waals surface area (Å²) in [5.74, 6) is 1.79. The van der Waals surface area contributed by atoms with Crippen LogP contribution < -0.4 is 11.1 Å². The van der Waals surface area contributed by atoms with E-state index in [0.717, 1.165) is 29.5 Å². The zero-order valence-corrected chi connectivity index (χ0v) is 11.9. The number of hydrogen-bond donors (Lipinski definition) is 2. The van der Waals surface area contributed by atoms with Crippen molar-refractivity contribution in [3.8, 4) is 0 Å². The van der Waals surface area contributed by atoms with Crippen molar-refractivity contribution in [3.63, 3.8) is 0 Å². The second-order valence-corrected chi connectivity index (χ2v) is 5.39. The van der Waals surface area contributed by atoms with Crippen molar-refractivity contribution in [1.29, 1.82) is 0 Å². The fourth-order valence-electron chi connectivity index (χ4n) is 3.09. The van der Waals surface area contributed by atoms with E-state index in [1.165, 1.54) is 32.1 Å². The van der Waals surface area contributed by atoms with Gasteiger partial charge in [0, 0.05) is 13.1 Å². The molecular formula is C14H26N4. The van der Waals surface area contributed by atoms with Gasteiger partial charge in [-0.2, -0.15) is 5.10 Å². The highest BCUT2D eigenvalue weighted by atomic mass is 15.3. The number of anilines is 2. The smallest absolute Gasteiger partial charge is 0.148 e. The Morgan fingerprint density at radius 3 is 2.67 bits per heavy atom. The molecule has 0 aliphatic heterocycles. The largest absolute Gasteiger partial charge is 0.394 e. The van der Waals surface area contributed by atoms with Gasteiger partial charge in [0.1, 0.15) is 5.82 Å². The average molecular weight is 250 g/mol. The maximum Gasteiger partial charge on any atom is 0.148 e. The van der Waals surface area contributed by atoms with Gasteiger partial charge in [0.15, 0.2) is 0 Å². The second-order valence-electron chi connectivity index (χ2n) is 5.39. The number of nitrogens with two attached hydrogens (primary N) is 1. The molecule has 0 spiro atoms. The second kappa shape index (κ2) is 5.63. The molecule has 1 aliphatic carbocycles. The minimum Gasteiger partial charge on any atom is -0.394 e. The van der Waals surface area contributed by atoms with Gasteiger partial charge in [-0.25, -0.2) is 0 Å². The van der Waals surface area contributed by atoms with E-state index in [9.17, 15) is 0 Å². The quantitative estimate of drug-likeness (QED) is 0.864. The summed E-state index contributed by atoms with van der Waals surface area (Å²) in [6.07, 6.45) is 7.43. The number of rotatable bonds is 4. The summed E-state index contributed by atoms with van der Waals surface area (Å²) in [4.78, 5) is 0. The van der Waals surface area contributed by atoms with Crippen LogP contribution in [0.2, 0.25) is 0 Å². The molecule has 0 saturated heterocycles. The number of nitrogens with zero attached hydrogens (tertiary/aromatic N) is 2. The molecule has 1 aromatic rings. The van der Waals surface area contributed by atoms with Crippen molar-refractivity contribution in [2.45, 2.75) is 58.4 Å². The molecule has 0 bridgehead atoms. The molecule has 2 atom stereocenters. The molecule has 1 aromatic heterocycles. The minimum atomic E-state index is 0.561. The van der Waals surface area contributed by atoms with E-state index >= 15 is 0 Å². The Kier molecular flexibility index (Phi) is 4.15. The van der Waals surface area contributed by atoms with E-state index in [1.807, 2.05) is 11.7 Å². The number of nitrogen functional groups attached to an aromatic ring is 1. The normalized spacial score (nSPS) is 24.2. The summed E-state index contributed by atoms with van der Waals surface area (Å²) in [6, 6.07) is 0.561. The van der Waals surface area contributed by atoms with Crippen molar-refractivity contribution < 1.29 is 0 Å². The predicted molar refractivity (Wildman–Crippen MR) is 76.7 cm³/mol. The fourth-order valence-corrected chi connectivity index (χ4v) is 3.09. The highest BCUT2D eigenvalue weighted by Crippen LogP contribution is 2.31. The van der Waals surface area contributed by atoms with Gasteiger partial charge in [-0.15, -0.1) is 0 Å². The number of nitrogens with one attached hydrogen (secondary N) is 1. The Morgan fingerprint density at radius 2 is 2.06 bits per heavy atom. The minimum absolute atomic E-state index is 0.561. The average Bonchev–Trinajstić information content (AvgIpc) is 2.66. The lowest BCUT2D eigenvalue weighted by Gasteiger charge is -2.32. The van der Waals surface area contributed by atoms with E-state index in [1.54, 1.807) is 0 Å². The fraction of sp³-hybridized carbons (Fsp3) is 0.786. The van der Waals surface area contributed by atoms with Gasteiger partial charge >= 0.3 is 0 Å². The number of aromatic nitrogens is 2. The van der Waals surface area contributed by atoms with E-state index < -0.39 is 0 Å². The summed E-state index contributed by atoms with van der Waals surface area (Å²) in [7, 11) is 1.97. The molecule has 1 heterocycles. The van der Waals surface area contributed by atoms with Crippen molar-refractivity contribution in [2.24, 2.45) is 13.0 Å². The van der Waals surface area contributed by atoms with Gasteiger partial charge in [-0.1, -0.05) is 33.1 Å². The van der Waals surface area contributed by atoms with Crippen LogP contribution in [-0.2, 0) is 13.5 Å². The molecule has 1 saturated carbocycles. The van der Waals surface area contributed by atoms with Crippen LogP contribution in [0, 0.1) is 5.92 Å². The SMILES string of the molecule is CCc1nn(C)c(NC2CCCCC2CC)c1N. The monoisotopic (exact) mass is 250 g/mol. The highest BCUT2D eigenvalue weighted by Gasteiger charge is 2.25. The topological polar surface area (TPSA) is 55.9 Å². The molecule has 18 heavy (non-hydrogen) atoms. The van der Waals surface area contributed by atoms with Crippen LogP contribution >= 0.6 is 0 Å². The van der Waals surface area contributed by atoms with Gasteiger partial charge in [0.25, 0.3) is 0 Å². The molecule has 0 aromatic carbocycles. The van der Waals surface area contributed by atoms with E-state index in [-0.39, 0.29) is 0 Å². The molecule has 2 rings (SSSR count). The van der Waals surface area contributed by atoms with Crippen LogP contribution in [0.1, 0.15) is 51.6 Å². The maximum absolute atomic E-state index is 6.17. The first-order chi connectivity index (χ1) is 8.67. The lowest BCUT2D eigenvalue weighted by Crippen LogP contribution is -2.32. The third kappa shape index (κ3) is 2.47. The molecule has 0 amide bonds. The standard InChI is InChI=1S/C14H26N4/c1-4-10-8-6-7-9-12(10)16-14-13(15)11(5-2)17-18(14)3/h10,12,16H,4-9,15H2,1-3H3. The van der Waals surface area contributed by atoms with Crippen molar-refractivity contribution >= 4 is 11.5 Å². The zero-order valence-electron chi connectivity index (χ0n) is 11.9. The third-order valence-corrected chi connectivity index (χ3v) is 4.25. The molecular weight excluding hydrogens is 224 g/mol. The Hall–Kier alpha value is -1.19. The molecule has 2 unspecified atom stereocenters. The zero-order chi connectivity index (χ0) is 13.1. The lowest BCUT2D eigenvalue weighted by atomic mass is 9.83. The van der Waals surface area contributed by atoms with Crippen molar-refractivity contribution in [1.82, 2.24) is 9.78 Å². The lowest BCUT2D eigenvalue weighted by molar-refractivity contribution is 0.316. The molecule has 102 valence electrons. The summed E-state index contributed by atoms with van der Waals surface area (Å²) in [5, 5.41) is 8.12. The van der Waals surface area contributed by atoms with Gasteiger partial charge < -0.3 is 11.1 Å². The number of aryl methyl sites for hydroxylation is 2. The van der Waals surface area contributed by atoms with Crippen LogP contribution in [0.15, 0.2) is 0 Å². The Bertz CT molecular complexity index is 397. The Balaban J connectivity index is 2.15. The Morgan fingerprint density at radius 1 is 1.33 bits per heavy atom. The summed E-state index contributed by atoms with van der Waals surface area (Å²) < 4.78 is 1.90. The molecule has 1 fully saturated rings. The van der Waals surface area contributed by atoms with Crippen molar-refractivity contribution in [2.75, 3.05) is 11.1 Å². The van der Waals surface area contributed by atoms with E-state index in [2.05, 4.69) is 24.3 Å². The summed E-state index contributed by atoms with van der Waals surface area (Å²) in [5.41, 5.74) is 8.01. The van der Waals surface area contributed by atoms with Gasteiger partial charge in [-0.05, 0) is 25.2 Å². The molecule has 3 N–H and O–H groups in total. The van der Waals surface area contributed by atoms with Crippen LogP contribution in [0.5, 0.6) is 0 Å². The highest BCUT2D eigenvalue weighted by molar-refractivity contribution is 5.65. The first kappa shape index (κ1) is 13.2. The molecule has 0 radical (unpaired) electrons. The van der Waals surface area contributed by atoms with Gasteiger partial charge in [0.05, 0.1) is 11.4 Å². The maximum atomic E-state index is 6.17. The van der Waals surface area contributed by atoms with E-state index in [0.29, 0.717) is 6.04 Å². The first-order valence-electron chi connectivity index (χ1n) is 7.25. The molecule has 4 heteroatoms. The molecule has 1 aliphatic rings. The van der Waals surface area contributed by atoms with E-state index in [4.69, 9.17) is 5.73 Å². The van der Waals surface area contributed by atoms with Crippen LogP contribution in [0.25, 0.3) is 0 Å². The van der Waals surface area contributed by atoms with Crippen LogP contribution in [-0.4, -0.2) is 15.8 Å². The first-order valence-corrected chi connectivity index (χ1v) is 7.25. The van der Waals surface area contributed by atoms with Gasteiger partial charge in [0.2, 0.25) is 0 Å². The van der Waals surface area contributed by atoms with Crippen LogP contribution in [0.4, 0.5) is 11.5 Å². The predicted octanol–water partition coefficient (Wildman–Crippen LogP) is 2.95. The van der Waals surface area contributed by atoms with Crippen LogP contribution in [0.3, 0.4) is 0 Å². The number of hydrogen-bond acceptors (Lipinski definition) is 3.